The van der Waals surface area contributed by atoms with E-state index in [2.05, 4.69) is 43.3 Å². The summed E-state index contributed by atoms with van der Waals surface area (Å²) >= 11 is 8.08. The topological polar surface area (TPSA) is 0 Å². The monoisotopic (exact) mass is 226 g/mol. The lowest BCUT2D eigenvalue weighted by Gasteiger charge is -2.05. The molecule has 0 fully saturated rings. The first-order valence-corrected chi connectivity index (χ1v) is 6.53. The molecule has 0 aliphatic rings. The van der Waals surface area contributed by atoms with E-state index in [0.29, 0.717) is 0 Å². The van der Waals surface area contributed by atoms with Crippen molar-refractivity contribution in [3.05, 3.63) is 23.1 Å². The van der Waals surface area contributed by atoms with Gasteiger partial charge in [0.05, 0.1) is 0 Å². The molecule has 2 rings (SSSR count). The van der Waals surface area contributed by atoms with Gasteiger partial charge in [0, 0.05) is 19.9 Å². The van der Waals surface area contributed by atoms with Crippen LogP contribution in [0.1, 0.15) is 5.56 Å². The van der Waals surface area contributed by atoms with Gasteiger partial charge in [-0.3, -0.25) is 0 Å². The van der Waals surface area contributed by atoms with Crippen LogP contribution in [0.25, 0.3) is 10.1 Å². The van der Waals surface area contributed by atoms with Gasteiger partial charge in [-0.1, -0.05) is 0 Å². The highest BCUT2D eigenvalue weighted by Crippen LogP contribution is 2.36. The van der Waals surface area contributed by atoms with Gasteiger partial charge in [-0.25, -0.2) is 0 Å². The minimum atomic E-state index is 1.13. The van der Waals surface area contributed by atoms with Crippen molar-refractivity contribution < 1.29 is 0 Å². The average Bonchev–Trinajstić information content (AvgIpc) is 2.60. The predicted octanol–water partition coefficient (Wildman–Crippen LogP) is 4.22. The molecule has 0 bridgehead atoms. The summed E-state index contributed by atoms with van der Waals surface area (Å²) in [5.74, 6) is 0. The van der Waals surface area contributed by atoms with Crippen LogP contribution >= 0.6 is 35.7 Å². The Morgan fingerprint density at radius 2 is 2.23 bits per heavy atom. The number of hydrogen-bond donors (Lipinski definition) is 1. The van der Waals surface area contributed by atoms with Crippen molar-refractivity contribution >= 4 is 45.8 Å². The second-order valence-corrected chi connectivity index (χ2v) is 5.12. The Labute approximate surface area is 91.8 Å². The molecule has 0 spiro atoms. The Kier molecular flexibility index (Phi) is 2.58. The second kappa shape index (κ2) is 3.56. The third kappa shape index (κ3) is 1.49. The summed E-state index contributed by atoms with van der Waals surface area (Å²) in [5, 5.41) is 3.47. The normalized spacial score (nSPS) is 11.0. The number of thioether (sulfide) groups is 1. The largest absolute Gasteiger partial charge is 0.143 e. The molecular weight excluding hydrogens is 216 g/mol. The zero-order valence-electron chi connectivity index (χ0n) is 7.50. The molecule has 0 aliphatic carbocycles. The van der Waals surface area contributed by atoms with Crippen molar-refractivity contribution in [1.82, 2.24) is 0 Å². The van der Waals surface area contributed by atoms with E-state index < -0.39 is 0 Å². The van der Waals surface area contributed by atoms with E-state index in [-0.39, 0.29) is 0 Å². The molecule has 3 heteroatoms. The lowest BCUT2D eigenvalue weighted by atomic mass is 10.2. The summed E-state index contributed by atoms with van der Waals surface area (Å²) in [6.45, 7) is 2.11. The maximum Gasteiger partial charge on any atom is 0.0489 e. The lowest BCUT2D eigenvalue weighted by Crippen LogP contribution is -1.79. The van der Waals surface area contributed by atoms with E-state index >= 15 is 0 Å². The maximum atomic E-state index is 4.52. The molecule has 1 aromatic heterocycles. The highest BCUT2D eigenvalue weighted by Gasteiger charge is 2.07. The molecule has 0 aliphatic heterocycles. The number of fused-ring (bicyclic) bond motifs is 1. The van der Waals surface area contributed by atoms with Gasteiger partial charge in [-0.2, -0.15) is 0 Å². The van der Waals surface area contributed by atoms with Gasteiger partial charge in [0.15, 0.2) is 0 Å². The molecule has 0 N–H and O–H groups in total. The highest BCUT2D eigenvalue weighted by molar-refractivity contribution is 7.98. The first-order chi connectivity index (χ1) is 6.24. The molecule has 13 heavy (non-hydrogen) atoms. The van der Waals surface area contributed by atoms with E-state index in [1.807, 2.05) is 0 Å². The molecule has 1 aromatic carbocycles. The van der Waals surface area contributed by atoms with Crippen LogP contribution in [-0.4, -0.2) is 6.26 Å². The second-order valence-electron chi connectivity index (χ2n) is 2.91. The van der Waals surface area contributed by atoms with Crippen LogP contribution in [0.2, 0.25) is 0 Å². The predicted molar refractivity (Wildman–Crippen MR) is 65.6 cm³/mol. The average molecular weight is 226 g/mol. The molecule has 2 aromatic rings. The van der Waals surface area contributed by atoms with Crippen LogP contribution in [0.3, 0.4) is 0 Å². The van der Waals surface area contributed by atoms with Crippen LogP contribution in [0.5, 0.6) is 0 Å². The van der Waals surface area contributed by atoms with Gasteiger partial charge in [0.25, 0.3) is 0 Å². The van der Waals surface area contributed by atoms with Gasteiger partial charge >= 0.3 is 0 Å². The van der Waals surface area contributed by atoms with E-state index in [1.54, 1.807) is 23.1 Å². The van der Waals surface area contributed by atoms with Crippen molar-refractivity contribution in [2.45, 2.75) is 16.7 Å². The van der Waals surface area contributed by atoms with E-state index in [4.69, 9.17) is 0 Å². The van der Waals surface area contributed by atoms with Crippen molar-refractivity contribution in [3.63, 3.8) is 0 Å². The third-order valence-corrected chi connectivity index (χ3v) is 4.52. The fourth-order valence-corrected chi connectivity index (χ4v) is 3.39. The molecule has 68 valence electrons. The van der Waals surface area contributed by atoms with Crippen LogP contribution in [-0.2, 0) is 0 Å². The Bertz CT molecular complexity index is 443. The van der Waals surface area contributed by atoms with Gasteiger partial charge in [0.1, 0.15) is 0 Å². The van der Waals surface area contributed by atoms with Crippen LogP contribution in [0.15, 0.2) is 27.3 Å². The van der Waals surface area contributed by atoms with Crippen molar-refractivity contribution in [3.8, 4) is 0 Å². The standard InChI is InChI=1S/C10H10S3/c1-6-5-8(12-2)7-3-4-13-10(7)9(6)11/h3-5,11H,1-2H3. The van der Waals surface area contributed by atoms with Crippen LogP contribution in [0, 0.1) is 6.92 Å². The summed E-state index contributed by atoms with van der Waals surface area (Å²) in [6, 6.07) is 4.38. The van der Waals surface area contributed by atoms with Gasteiger partial charge in [-0.05, 0) is 36.3 Å². The highest BCUT2D eigenvalue weighted by atomic mass is 32.2. The molecule has 0 saturated carbocycles. The van der Waals surface area contributed by atoms with Gasteiger partial charge in [0.2, 0.25) is 0 Å². The molecule has 0 atom stereocenters. The Morgan fingerprint density at radius 1 is 1.46 bits per heavy atom. The minimum absolute atomic E-state index is 1.13. The fourth-order valence-electron chi connectivity index (χ4n) is 1.38. The first kappa shape index (κ1) is 9.44. The smallest absolute Gasteiger partial charge is 0.0489 e. The Morgan fingerprint density at radius 3 is 2.92 bits per heavy atom. The SMILES string of the molecule is CSc1cc(C)c(S)c2sccc12. The molecule has 1 heterocycles. The number of rotatable bonds is 1. The summed E-state index contributed by atoms with van der Waals surface area (Å²) in [7, 11) is 0. The number of hydrogen-bond acceptors (Lipinski definition) is 3. The maximum absolute atomic E-state index is 4.52. The third-order valence-electron chi connectivity index (χ3n) is 2.09. The molecule has 0 nitrogen and oxygen atoms in total. The van der Waals surface area contributed by atoms with Crippen molar-refractivity contribution in [2.75, 3.05) is 6.26 Å². The Balaban J connectivity index is 2.87. The van der Waals surface area contributed by atoms with E-state index in [9.17, 15) is 0 Å². The van der Waals surface area contributed by atoms with E-state index in [0.717, 1.165) is 4.90 Å². The fraction of sp³-hybridized carbons (Fsp3) is 0.200. The first-order valence-electron chi connectivity index (χ1n) is 3.98. The number of aryl methyl sites for hydroxylation is 1. The summed E-state index contributed by atoms with van der Waals surface area (Å²) in [4.78, 5) is 2.48. The van der Waals surface area contributed by atoms with Crippen LogP contribution in [0.4, 0.5) is 0 Å². The zero-order valence-corrected chi connectivity index (χ0v) is 10.0. The minimum Gasteiger partial charge on any atom is -0.143 e. The molecule has 0 amide bonds. The Hall–Kier alpha value is -0.120. The number of thiophene rings is 1. The van der Waals surface area contributed by atoms with E-state index in [1.165, 1.54) is 20.5 Å². The zero-order chi connectivity index (χ0) is 9.42. The van der Waals surface area contributed by atoms with Crippen molar-refractivity contribution in [2.24, 2.45) is 0 Å². The molecule has 0 radical (unpaired) electrons. The van der Waals surface area contributed by atoms with Gasteiger partial charge in [-0.15, -0.1) is 35.7 Å². The lowest BCUT2D eigenvalue weighted by molar-refractivity contribution is 1.32. The molecule has 0 unspecified atom stereocenters. The molecular formula is C10H10S3. The number of thiol groups is 1. The van der Waals surface area contributed by atoms with Crippen molar-refractivity contribution in [1.29, 1.82) is 0 Å². The quantitative estimate of drug-likeness (QED) is 0.561. The summed E-state index contributed by atoms with van der Waals surface area (Å²) in [6.07, 6.45) is 2.12. The summed E-state index contributed by atoms with van der Waals surface area (Å²) < 4.78 is 1.31. The summed E-state index contributed by atoms with van der Waals surface area (Å²) in [5.41, 5.74) is 1.27. The number of benzene rings is 1. The van der Waals surface area contributed by atoms with Crippen LogP contribution < -0.4 is 0 Å². The van der Waals surface area contributed by atoms with Gasteiger partial charge < -0.3 is 0 Å². The molecule has 0 saturated heterocycles.